The molecule has 5 rings (SSSR count). The predicted molar refractivity (Wildman–Crippen MR) is 151 cm³/mol. The number of carbonyl (C=O) groups excluding carboxylic acids is 2. The second-order valence-electron chi connectivity index (χ2n) is 11.1. The van der Waals surface area contributed by atoms with Gasteiger partial charge in [-0.15, -0.1) is 11.3 Å². The van der Waals surface area contributed by atoms with Crippen LogP contribution >= 0.6 is 11.3 Å². The minimum atomic E-state index is -0.411. The number of hydrogen-bond donors (Lipinski definition) is 3. The van der Waals surface area contributed by atoms with E-state index in [0.717, 1.165) is 40.7 Å². The third-order valence-corrected chi connectivity index (χ3v) is 8.48. The molecule has 2 amide bonds. The number of amides is 2. The Kier molecular flexibility index (Phi) is 7.07. The highest BCUT2D eigenvalue weighted by molar-refractivity contribution is 7.20. The number of aryl methyl sites for hydroxylation is 2. The van der Waals surface area contributed by atoms with Gasteiger partial charge < -0.3 is 20.9 Å². The summed E-state index contributed by atoms with van der Waals surface area (Å²) in [5, 5.41) is 6.94. The van der Waals surface area contributed by atoms with Gasteiger partial charge in [-0.2, -0.15) is 0 Å². The van der Waals surface area contributed by atoms with Crippen LogP contribution in [0.5, 0.6) is 0 Å². The van der Waals surface area contributed by atoms with Crippen LogP contribution in [0.15, 0.2) is 48.8 Å². The van der Waals surface area contributed by atoms with E-state index >= 15 is 0 Å². The van der Waals surface area contributed by atoms with Gasteiger partial charge in [0.1, 0.15) is 4.83 Å². The Morgan fingerprint density at radius 1 is 1.21 bits per heavy atom. The molecule has 0 saturated heterocycles. The molecule has 0 spiro atoms. The molecule has 3 aromatic heterocycles. The highest BCUT2D eigenvalue weighted by Gasteiger charge is 2.30. The van der Waals surface area contributed by atoms with E-state index < -0.39 is 6.04 Å². The van der Waals surface area contributed by atoms with Gasteiger partial charge in [-0.1, -0.05) is 32.9 Å². The smallest absolute Gasteiger partial charge is 0.291 e. The predicted octanol–water partition coefficient (Wildman–Crippen LogP) is 4.86. The number of nitrogens with zero attached hydrogens (tertiary/aromatic N) is 3. The molecule has 1 aliphatic carbocycles. The lowest BCUT2D eigenvalue weighted by Crippen LogP contribution is -2.33. The zero-order chi connectivity index (χ0) is 27.0. The molecule has 2 atom stereocenters. The lowest BCUT2D eigenvalue weighted by atomic mass is 9.71. The highest BCUT2D eigenvalue weighted by atomic mass is 32.1. The average molecular weight is 531 g/mol. The van der Waals surface area contributed by atoms with Crippen LogP contribution in [0.2, 0.25) is 0 Å². The van der Waals surface area contributed by atoms with Gasteiger partial charge >= 0.3 is 0 Å². The lowest BCUT2D eigenvalue weighted by molar-refractivity contribution is 0.0941. The number of benzene rings is 1. The Morgan fingerprint density at radius 2 is 2.03 bits per heavy atom. The average Bonchev–Trinajstić information content (AvgIpc) is 3.50. The second kappa shape index (κ2) is 10.3. The molecule has 0 fully saturated rings. The van der Waals surface area contributed by atoms with Gasteiger partial charge in [0.15, 0.2) is 5.82 Å². The number of pyridine rings is 1. The number of aromatic nitrogens is 3. The monoisotopic (exact) mass is 530 g/mol. The maximum Gasteiger partial charge on any atom is 0.291 e. The summed E-state index contributed by atoms with van der Waals surface area (Å²) in [6, 6.07) is 11.1. The quantitative estimate of drug-likeness (QED) is 0.329. The molecule has 9 heteroatoms. The fraction of sp³-hybridized carbons (Fsp3) is 0.379. The third-order valence-electron chi connectivity index (χ3n) is 7.43. The zero-order valence-electron chi connectivity index (χ0n) is 22.2. The molecule has 0 radical (unpaired) electrons. The first kappa shape index (κ1) is 26.1. The minimum absolute atomic E-state index is 0.184. The SMILES string of the molecule is Cn1ccnc1C(=O)Nc1cccc([C@@H](CN)NC(=O)c2cc3cc4c(nc3s2)CC[C@@H](C(C)(C)C)C4)c1. The van der Waals surface area contributed by atoms with Gasteiger partial charge in [0.2, 0.25) is 0 Å². The molecular formula is C29H34N6O2S. The van der Waals surface area contributed by atoms with Crippen LogP contribution < -0.4 is 16.4 Å². The van der Waals surface area contributed by atoms with Crippen molar-refractivity contribution in [1.29, 1.82) is 0 Å². The van der Waals surface area contributed by atoms with Crippen molar-refractivity contribution >= 4 is 39.1 Å². The van der Waals surface area contributed by atoms with Crippen molar-refractivity contribution in [3.63, 3.8) is 0 Å². The molecule has 0 aliphatic heterocycles. The van der Waals surface area contributed by atoms with Gasteiger partial charge in [-0.3, -0.25) is 9.59 Å². The minimum Gasteiger partial charge on any atom is -0.343 e. The molecule has 38 heavy (non-hydrogen) atoms. The molecule has 4 aromatic rings. The van der Waals surface area contributed by atoms with E-state index in [9.17, 15) is 9.59 Å². The number of nitrogens with one attached hydrogen (secondary N) is 2. The summed E-state index contributed by atoms with van der Waals surface area (Å²) in [5.74, 6) is 0.451. The van der Waals surface area contributed by atoms with Crippen LogP contribution in [0.3, 0.4) is 0 Å². The number of hydrogen-bond acceptors (Lipinski definition) is 6. The van der Waals surface area contributed by atoms with Crippen molar-refractivity contribution in [2.75, 3.05) is 11.9 Å². The van der Waals surface area contributed by atoms with Crippen LogP contribution in [0.25, 0.3) is 10.2 Å². The number of fused-ring (bicyclic) bond motifs is 2. The summed E-state index contributed by atoms with van der Waals surface area (Å²) in [7, 11) is 1.76. The largest absolute Gasteiger partial charge is 0.343 e. The Bertz CT molecular complexity index is 1500. The fourth-order valence-electron chi connectivity index (χ4n) is 5.09. The molecule has 1 aromatic carbocycles. The number of imidazole rings is 1. The van der Waals surface area contributed by atoms with Gasteiger partial charge in [0.25, 0.3) is 11.8 Å². The molecule has 1 aliphatic rings. The first-order valence-electron chi connectivity index (χ1n) is 12.9. The standard InChI is InChI=1S/C29H34N6O2S/c1-29(2,3)20-8-9-22-18(13-20)12-19-15-24(38-28(19)34-22)26(36)33-23(16-30)17-6-5-7-21(14-17)32-27(37)25-31-10-11-35(25)4/h5-7,10-12,14-15,20,23H,8-9,13,16,30H2,1-4H3,(H,32,37)(H,33,36)/t20-,23-/m1/s1. The van der Waals surface area contributed by atoms with Gasteiger partial charge in [-0.05, 0) is 66.0 Å². The molecule has 0 bridgehead atoms. The first-order chi connectivity index (χ1) is 18.1. The van der Waals surface area contributed by atoms with E-state index in [0.29, 0.717) is 22.3 Å². The Balaban J connectivity index is 1.31. The first-order valence-corrected chi connectivity index (χ1v) is 13.8. The van der Waals surface area contributed by atoms with E-state index in [2.05, 4.69) is 42.5 Å². The summed E-state index contributed by atoms with van der Waals surface area (Å²) < 4.78 is 1.65. The van der Waals surface area contributed by atoms with Gasteiger partial charge in [0.05, 0.1) is 10.9 Å². The van der Waals surface area contributed by atoms with Crippen molar-refractivity contribution in [3.8, 4) is 0 Å². The number of carbonyl (C=O) groups is 2. The van der Waals surface area contributed by atoms with Crippen molar-refractivity contribution in [2.24, 2.45) is 24.1 Å². The maximum absolute atomic E-state index is 13.3. The summed E-state index contributed by atoms with van der Waals surface area (Å²) in [5.41, 5.74) is 10.2. The van der Waals surface area contributed by atoms with E-state index in [1.54, 1.807) is 30.1 Å². The summed E-state index contributed by atoms with van der Waals surface area (Å²) >= 11 is 1.41. The Morgan fingerprint density at radius 3 is 2.74 bits per heavy atom. The van der Waals surface area contributed by atoms with Crippen LogP contribution in [0.1, 0.15) is 70.3 Å². The lowest BCUT2D eigenvalue weighted by Gasteiger charge is -2.34. The third kappa shape index (κ3) is 5.35. The number of thiophene rings is 1. The Labute approximate surface area is 226 Å². The van der Waals surface area contributed by atoms with Crippen LogP contribution in [-0.4, -0.2) is 32.9 Å². The Hall–Kier alpha value is -3.56. The normalized spacial score (nSPS) is 16.2. The highest BCUT2D eigenvalue weighted by Crippen LogP contribution is 2.38. The molecule has 198 valence electrons. The molecular weight excluding hydrogens is 496 g/mol. The van der Waals surface area contributed by atoms with E-state index in [1.807, 2.05) is 24.3 Å². The van der Waals surface area contributed by atoms with Crippen molar-refractivity contribution in [1.82, 2.24) is 19.9 Å². The molecule has 4 N–H and O–H groups in total. The summed E-state index contributed by atoms with van der Waals surface area (Å²) in [6.07, 6.45) is 6.45. The van der Waals surface area contributed by atoms with Crippen LogP contribution in [-0.2, 0) is 19.9 Å². The molecule has 3 heterocycles. The number of rotatable bonds is 6. The van der Waals surface area contributed by atoms with Gasteiger partial charge in [0, 0.05) is 42.8 Å². The van der Waals surface area contributed by atoms with E-state index in [1.165, 1.54) is 16.9 Å². The molecule has 0 saturated carbocycles. The van der Waals surface area contributed by atoms with Gasteiger partial charge in [-0.25, -0.2) is 9.97 Å². The van der Waals surface area contributed by atoms with Crippen molar-refractivity contribution in [2.45, 2.75) is 46.1 Å². The number of anilines is 1. The van der Waals surface area contributed by atoms with Crippen molar-refractivity contribution < 1.29 is 9.59 Å². The van der Waals surface area contributed by atoms with E-state index in [4.69, 9.17) is 10.7 Å². The second-order valence-corrected chi connectivity index (χ2v) is 12.1. The van der Waals surface area contributed by atoms with Crippen LogP contribution in [0.4, 0.5) is 5.69 Å². The molecule has 0 unspecified atom stereocenters. The summed E-state index contributed by atoms with van der Waals surface area (Å²) in [4.78, 5) is 36.3. The maximum atomic E-state index is 13.3. The summed E-state index contributed by atoms with van der Waals surface area (Å²) in [6.45, 7) is 7.13. The number of nitrogens with two attached hydrogens (primary N) is 1. The zero-order valence-corrected chi connectivity index (χ0v) is 23.1. The molecule has 8 nitrogen and oxygen atoms in total. The topological polar surface area (TPSA) is 115 Å². The van der Waals surface area contributed by atoms with Crippen LogP contribution in [0, 0.1) is 11.3 Å². The van der Waals surface area contributed by atoms with Crippen molar-refractivity contribution in [3.05, 3.63) is 76.3 Å². The van der Waals surface area contributed by atoms with E-state index in [-0.39, 0.29) is 23.8 Å². The fourth-order valence-corrected chi connectivity index (χ4v) is 6.02.